The second-order valence-corrected chi connectivity index (χ2v) is 13.7. The Morgan fingerprint density at radius 2 is 1.60 bits per heavy atom. The number of amidine groups is 1. The molecule has 2 aromatic carbocycles. The quantitative estimate of drug-likeness (QED) is 0.494. The molecule has 0 radical (unpaired) electrons. The van der Waals surface area contributed by atoms with Gasteiger partial charge in [0.25, 0.3) is 5.91 Å². The number of allylic oxidation sites excluding steroid dienone is 1. The molecule has 0 aromatic heterocycles. The Balaban J connectivity index is 1.38. The van der Waals surface area contributed by atoms with Crippen molar-refractivity contribution in [1.29, 1.82) is 0 Å². The van der Waals surface area contributed by atoms with Gasteiger partial charge in [0.05, 0.1) is 18.2 Å². The molecule has 8 nitrogen and oxygen atoms in total. The van der Waals surface area contributed by atoms with E-state index in [1.165, 1.54) is 16.7 Å². The zero-order valence-electron chi connectivity index (χ0n) is 23.7. The standard InChI is InChI=1S/C31H34Cl2N4O4S/c1-17(2)25-26(29(41)36-14-4-5-22(36)28(40)35-15-23(38)24(39)16-35)42-30-34-31(3,19-8-12-21(33)13-9-19)27(37(25)30)18-6-10-20(32)11-7-18/h6-13,17,22-24,27,38-39H,4-5,14-16H2,1-3H3/t22-,23-,24+,27+,31-/m0/s1. The summed E-state index contributed by atoms with van der Waals surface area (Å²) in [5.74, 6) is -0.412. The molecule has 0 aliphatic carbocycles. The van der Waals surface area contributed by atoms with E-state index in [4.69, 9.17) is 28.2 Å². The highest BCUT2D eigenvalue weighted by atomic mass is 35.5. The molecule has 4 aliphatic rings. The lowest BCUT2D eigenvalue weighted by Gasteiger charge is -2.37. The normalized spacial score (nSPS) is 29.1. The lowest BCUT2D eigenvalue weighted by molar-refractivity contribution is -0.141. The number of β-amino-alcohol motifs (C(OH)–C–C–N with tert-alkyl or cyclic N) is 2. The fourth-order valence-electron chi connectivity index (χ4n) is 6.62. The molecular weight excluding hydrogens is 595 g/mol. The van der Waals surface area contributed by atoms with Gasteiger partial charge < -0.3 is 24.9 Å². The van der Waals surface area contributed by atoms with Crippen molar-refractivity contribution in [3.05, 3.63) is 80.3 Å². The van der Waals surface area contributed by atoms with Crippen LogP contribution in [-0.4, -0.2) is 79.8 Å². The van der Waals surface area contributed by atoms with Crippen molar-refractivity contribution in [3.8, 4) is 0 Å². The number of fused-ring (bicyclic) bond motifs is 1. The number of aliphatic imine (C=N–C) groups is 1. The number of aliphatic hydroxyl groups excluding tert-OH is 2. The van der Waals surface area contributed by atoms with Crippen LogP contribution in [0.1, 0.15) is 50.8 Å². The van der Waals surface area contributed by atoms with Gasteiger partial charge in [-0.1, -0.05) is 61.3 Å². The van der Waals surface area contributed by atoms with Crippen LogP contribution in [0, 0.1) is 5.92 Å². The molecule has 222 valence electrons. The molecule has 0 unspecified atom stereocenters. The molecule has 0 saturated carbocycles. The van der Waals surface area contributed by atoms with Crippen LogP contribution in [0.2, 0.25) is 10.0 Å². The summed E-state index contributed by atoms with van der Waals surface area (Å²) in [7, 11) is 0. The lowest BCUT2D eigenvalue weighted by atomic mass is 9.81. The first kappa shape index (κ1) is 29.5. The number of aliphatic hydroxyl groups is 2. The third-order valence-corrected chi connectivity index (χ3v) is 10.3. The Morgan fingerprint density at radius 3 is 2.19 bits per heavy atom. The van der Waals surface area contributed by atoms with Crippen LogP contribution in [0.5, 0.6) is 0 Å². The van der Waals surface area contributed by atoms with Crippen molar-refractivity contribution >= 4 is 51.9 Å². The first-order valence-corrected chi connectivity index (χ1v) is 15.9. The van der Waals surface area contributed by atoms with Crippen LogP contribution in [0.3, 0.4) is 0 Å². The Hall–Kier alpha value is -2.56. The summed E-state index contributed by atoms with van der Waals surface area (Å²) in [5.41, 5.74) is 2.24. The maximum absolute atomic E-state index is 14.3. The summed E-state index contributed by atoms with van der Waals surface area (Å²) in [4.78, 5) is 38.9. The van der Waals surface area contributed by atoms with Crippen molar-refractivity contribution < 1.29 is 19.8 Å². The van der Waals surface area contributed by atoms with E-state index in [0.717, 1.165) is 22.0 Å². The average Bonchev–Trinajstić information content (AvgIpc) is 3.71. The topological polar surface area (TPSA) is 96.7 Å². The molecule has 42 heavy (non-hydrogen) atoms. The monoisotopic (exact) mass is 628 g/mol. The minimum Gasteiger partial charge on any atom is -0.388 e. The van der Waals surface area contributed by atoms with E-state index in [1.807, 2.05) is 48.5 Å². The first-order chi connectivity index (χ1) is 20.0. The van der Waals surface area contributed by atoms with Gasteiger partial charge in [-0.15, -0.1) is 0 Å². The van der Waals surface area contributed by atoms with Crippen molar-refractivity contribution in [1.82, 2.24) is 14.7 Å². The van der Waals surface area contributed by atoms with Gasteiger partial charge in [-0.2, -0.15) is 0 Å². The van der Waals surface area contributed by atoms with E-state index < -0.39 is 23.8 Å². The summed E-state index contributed by atoms with van der Waals surface area (Å²) in [6.45, 7) is 6.87. The minimum atomic E-state index is -0.968. The molecule has 4 aliphatic heterocycles. The molecular formula is C31H34Cl2N4O4S. The molecule has 0 spiro atoms. The predicted octanol–water partition coefficient (Wildman–Crippen LogP) is 4.79. The number of halogens is 2. The maximum Gasteiger partial charge on any atom is 0.263 e. The summed E-state index contributed by atoms with van der Waals surface area (Å²) in [6, 6.07) is 14.6. The summed E-state index contributed by atoms with van der Waals surface area (Å²) >= 11 is 13.9. The van der Waals surface area contributed by atoms with E-state index in [0.29, 0.717) is 34.3 Å². The number of benzene rings is 2. The van der Waals surface area contributed by atoms with Crippen LogP contribution in [-0.2, 0) is 15.1 Å². The SMILES string of the molecule is CC(C)C1=C(C(=O)N2CCC[C@H]2C(=O)N2C[C@@H](O)[C@@H](O)C2)SC2=N[C@@](C)(c3ccc(Cl)cc3)[C@@H](c3ccc(Cl)cc3)N21. The number of rotatable bonds is 5. The first-order valence-electron chi connectivity index (χ1n) is 14.3. The Morgan fingerprint density at radius 1 is 1.00 bits per heavy atom. The maximum atomic E-state index is 14.3. The van der Waals surface area contributed by atoms with Crippen molar-refractivity contribution in [2.75, 3.05) is 19.6 Å². The van der Waals surface area contributed by atoms with Gasteiger partial charge in [-0.25, -0.2) is 4.99 Å². The smallest absolute Gasteiger partial charge is 0.263 e. The summed E-state index contributed by atoms with van der Waals surface area (Å²) < 4.78 is 0. The second kappa shape index (κ2) is 11.2. The number of likely N-dealkylation sites (tertiary alicyclic amines) is 2. The highest BCUT2D eigenvalue weighted by Crippen LogP contribution is 2.56. The number of hydrogen-bond acceptors (Lipinski definition) is 7. The predicted molar refractivity (Wildman–Crippen MR) is 165 cm³/mol. The van der Waals surface area contributed by atoms with E-state index in [9.17, 15) is 19.8 Å². The number of thioether (sulfide) groups is 1. The van der Waals surface area contributed by atoms with E-state index in [1.54, 1.807) is 4.90 Å². The third-order valence-electron chi connectivity index (χ3n) is 8.74. The highest BCUT2D eigenvalue weighted by molar-refractivity contribution is 8.18. The van der Waals surface area contributed by atoms with Crippen molar-refractivity contribution in [2.45, 2.75) is 63.4 Å². The van der Waals surface area contributed by atoms with Gasteiger partial charge in [0.15, 0.2) is 5.17 Å². The highest BCUT2D eigenvalue weighted by Gasteiger charge is 2.54. The number of hydrogen-bond donors (Lipinski definition) is 2. The zero-order valence-corrected chi connectivity index (χ0v) is 26.0. The lowest BCUT2D eigenvalue weighted by Crippen LogP contribution is -2.47. The Kier molecular flexibility index (Phi) is 7.85. The van der Waals surface area contributed by atoms with Crippen LogP contribution in [0.4, 0.5) is 0 Å². The Labute approximate surface area is 260 Å². The minimum absolute atomic E-state index is 0.00727. The van der Waals surface area contributed by atoms with Crippen LogP contribution in [0.25, 0.3) is 0 Å². The largest absolute Gasteiger partial charge is 0.388 e. The molecule has 4 heterocycles. The number of carbonyl (C=O) groups is 2. The molecule has 5 atom stereocenters. The molecule has 2 aromatic rings. The fourth-order valence-corrected chi connectivity index (χ4v) is 8.24. The van der Waals surface area contributed by atoms with Gasteiger partial charge in [-0.05, 0) is 72.8 Å². The Bertz CT molecular complexity index is 1450. The van der Waals surface area contributed by atoms with E-state index in [-0.39, 0.29) is 36.9 Å². The molecule has 2 amide bonds. The fraction of sp³-hybridized carbons (Fsp3) is 0.452. The van der Waals surface area contributed by atoms with Gasteiger partial charge in [0, 0.05) is 35.4 Å². The van der Waals surface area contributed by atoms with Crippen LogP contribution >= 0.6 is 35.0 Å². The number of amides is 2. The average molecular weight is 630 g/mol. The van der Waals surface area contributed by atoms with Crippen molar-refractivity contribution in [2.24, 2.45) is 10.9 Å². The molecule has 0 bridgehead atoms. The molecule has 2 fully saturated rings. The van der Waals surface area contributed by atoms with Gasteiger partial charge in [0.2, 0.25) is 5.91 Å². The van der Waals surface area contributed by atoms with Gasteiger partial charge in [0.1, 0.15) is 16.5 Å². The number of nitrogens with zero attached hydrogens (tertiary/aromatic N) is 4. The molecule has 2 N–H and O–H groups in total. The molecule has 6 rings (SSSR count). The summed E-state index contributed by atoms with van der Waals surface area (Å²) in [5, 5.41) is 22.0. The van der Waals surface area contributed by atoms with E-state index in [2.05, 4.69) is 25.7 Å². The number of carbonyl (C=O) groups excluding carboxylic acids is 2. The van der Waals surface area contributed by atoms with Gasteiger partial charge in [-0.3, -0.25) is 9.59 Å². The molecule has 11 heteroatoms. The van der Waals surface area contributed by atoms with Crippen molar-refractivity contribution in [3.63, 3.8) is 0 Å². The van der Waals surface area contributed by atoms with Crippen LogP contribution in [0.15, 0.2) is 64.1 Å². The zero-order chi connectivity index (χ0) is 29.9. The van der Waals surface area contributed by atoms with Crippen LogP contribution < -0.4 is 0 Å². The third kappa shape index (κ3) is 4.93. The van der Waals surface area contributed by atoms with Gasteiger partial charge >= 0.3 is 0 Å². The summed E-state index contributed by atoms with van der Waals surface area (Å²) in [6.07, 6.45) is -0.673. The second-order valence-electron chi connectivity index (χ2n) is 11.9. The molecule has 2 saturated heterocycles. The van der Waals surface area contributed by atoms with E-state index >= 15 is 0 Å².